The molecule has 0 saturated carbocycles. The highest BCUT2D eigenvalue weighted by Crippen LogP contribution is 2.30. The number of hydrogen-bond donors (Lipinski definition) is 0. The molecule has 0 bridgehead atoms. The zero-order chi connectivity index (χ0) is 18.8. The van der Waals surface area contributed by atoms with E-state index in [0.29, 0.717) is 40.2 Å². The van der Waals surface area contributed by atoms with Crippen LogP contribution in [0.4, 0.5) is 10.1 Å². The number of hydrogen-bond acceptors (Lipinski definition) is 3. The van der Waals surface area contributed by atoms with E-state index < -0.39 is 0 Å². The smallest absolute Gasteiger partial charge is 0.293 e. The second kappa shape index (κ2) is 7.79. The first-order valence-electron chi connectivity index (χ1n) is 8.62. The van der Waals surface area contributed by atoms with Gasteiger partial charge in [-0.25, -0.2) is 4.39 Å². The fourth-order valence-corrected chi connectivity index (χ4v) is 4.44. The molecular formula is C21H17ClFNO2S. The maximum Gasteiger partial charge on any atom is 0.293 e. The van der Waals surface area contributed by atoms with Crippen LogP contribution in [0.3, 0.4) is 0 Å². The van der Waals surface area contributed by atoms with Crippen LogP contribution in [0.25, 0.3) is 0 Å². The summed E-state index contributed by atoms with van der Waals surface area (Å²) in [5, 5.41) is 0.422. The largest absolute Gasteiger partial charge is 0.455 e. The number of halogens is 2. The fraction of sp³-hybridized carbons (Fsp3) is 0.190. The van der Waals surface area contributed by atoms with Gasteiger partial charge in [0.15, 0.2) is 5.76 Å². The standard InChI is InChI=1S/C21H17ClFNO2S/c22-17-5-3-6-18(23)16(17)13-27-12-15-8-9-20(26-15)21(25)24-11-10-14-4-1-2-7-19(14)24/h1-9H,10-13H2. The van der Waals surface area contributed by atoms with Crippen molar-refractivity contribution >= 4 is 35.0 Å². The summed E-state index contributed by atoms with van der Waals surface area (Å²) in [7, 11) is 0. The van der Waals surface area contributed by atoms with Crippen LogP contribution in [0.1, 0.15) is 27.4 Å². The predicted molar refractivity (Wildman–Crippen MR) is 107 cm³/mol. The van der Waals surface area contributed by atoms with Gasteiger partial charge in [-0.3, -0.25) is 4.79 Å². The molecule has 1 aromatic heterocycles. The van der Waals surface area contributed by atoms with Crippen molar-refractivity contribution in [3.05, 3.63) is 88.1 Å². The summed E-state index contributed by atoms with van der Waals surface area (Å²) >= 11 is 7.53. The highest BCUT2D eigenvalue weighted by molar-refractivity contribution is 7.97. The van der Waals surface area contributed by atoms with E-state index in [1.165, 1.54) is 23.4 Å². The van der Waals surface area contributed by atoms with Crippen LogP contribution in [-0.4, -0.2) is 12.5 Å². The third-order valence-corrected chi connectivity index (χ3v) is 5.89. The Balaban J connectivity index is 1.40. The SMILES string of the molecule is O=C(c1ccc(CSCc2c(F)cccc2Cl)o1)N1CCc2ccccc21. The molecule has 0 N–H and O–H groups in total. The zero-order valence-corrected chi connectivity index (χ0v) is 16.0. The number of carbonyl (C=O) groups excluding carboxylic acids is 1. The summed E-state index contributed by atoms with van der Waals surface area (Å²) in [4.78, 5) is 14.5. The number of anilines is 1. The van der Waals surface area contributed by atoms with Gasteiger partial charge in [0.25, 0.3) is 5.91 Å². The molecule has 2 heterocycles. The van der Waals surface area contributed by atoms with Gasteiger partial charge < -0.3 is 9.32 Å². The molecule has 2 aromatic carbocycles. The molecule has 0 spiro atoms. The van der Waals surface area contributed by atoms with E-state index in [9.17, 15) is 9.18 Å². The van der Waals surface area contributed by atoms with Gasteiger partial charge in [0.2, 0.25) is 0 Å². The molecule has 0 radical (unpaired) electrons. The highest BCUT2D eigenvalue weighted by atomic mass is 35.5. The van der Waals surface area contributed by atoms with E-state index in [0.717, 1.165) is 12.1 Å². The number of para-hydroxylation sites is 1. The molecule has 4 rings (SSSR count). The van der Waals surface area contributed by atoms with Crippen molar-refractivity contribution in [1.82, 2.24) is 0 Å². The molecule has 0 aliphatic carbocycles. The molecule has 1 aliphatic heterocycles. The van der Waals surface area contributed by atoms with E-state index >= 15 is 0 Å². The minimum Gasteiger partial charge on any atom is -0.455 e. The van der Waals surface area contributed by atoms with Gasteiger partial charge in [-0.05, 0) is 42.3 Å². The van der Waals surface area contributed by atoms with Crippen LogP contribution in [0.2, 0.25) is 5.02 Å². The number of fused-ring (bicyclic) bond motifs is 1. The molecule has 1 amide bonds. The van der Waals surface area contributed by atoms with Gasteiger partial charge in [-0.1, -0.05) is 35.9 Å². The molecule has 6 heteroatoms. The van der Waals surface area contributed by atoms with Crippen molar-refractivity contribution in [2.24, 2.45) is 0 Å². The zero-order valence-electron chi connectivity index (χ0n) is 14.5. The minimum absolute atomic E-state index is 0.131. The molecular weight excluding hydrogens is 385 g/mol. The maximum absolute atomic E-state index is 13.8. The molecule has 27 heavy (non-hydrogen) atoms. The van der Waals surface area contributed by atoms with E-state index in [2.05, 4.69) is 0 Å². The lowest BCUT2D eigenvalue weighted by Gasteiger charge is -2.15. The quantitative estimate of drug-likeness (QED) is 0.549. The summed E-state index contributed by atoms with van der Waals surface area (Å²) in [5.41, 5.74) is 2.61. The second-order valence-electron chi connectivity index (χ2n) is 6.29. The fourth-order valence-electron chi connectivity index (χ4n) is 3.18. The average molecular weight is 402 g/mol. The number of rotatable bonds is 5. The lowest BCUT2D eigenvalue weighted by atomic mass is 10.2. The van der Waals surface area contributed by atoms with Gasteiger partial charge in [-0.2, -0.15) is 0 Å². The number of benzene rings is 2. The first-order valence-corrected chi connectivity index (χ1v) is 10.2. The van der Waals surface area contributed by atoms with Crippen molar-refractivity contribution in [2.45, 2.75) is 17.9 Å². The topological polar surface area (TPSA) is 33.5 Å². The van der Waals surface area contributed by atoms with Crippen molar-refractivity contribution in [2.75, 3.05) is 11.4 Å². The first-order chi connectivity index (χ1) is 13.1. The van der Waals surface area contributed by atoms with E-state index in [1.807, 2.05) is 24.3 Å². The summed E-state index contributed by atoms with van der Waals surface area (Å²) in [5.74, 6) is 1.55. The molecule has 3 nitrogen and oxygen atoms in total. The van der Waals surface area contributed by atoms with Crippen LogP contribution >= 0.6 is 23.4 Å². The Morgan fingerprint density at radius 3 is 2.81 bits per heavy atom. The molecule has 0 fully saturated rings. The molecule has 1 aliphatic rings. The lowest BCUT2D eigenvalue weighted by molar-refractivity contribution is 0.0961. The van der Waals surface area contributed by atoms with Gasteiger partial charge in [0.1, 0.15) is 11.6 Å². The summed E-state index contributed by atoms with van der Waals surface area (Å²) in [6, 6.07) is 16.1. The van der Waals surface area contributed by atoms with Crippen molar-refractivity contribution in [3.63, 3.8) is 0 Å². The van der Waals surface area contributed by atoms with E-state index in [1.54, 1.807) is 29.2 Å². The Kier molecular flexibility index (Phi) is 5.23. The van der Waals surface area contributed by atoms with Crippen molar-refractivity contribution in [1.29, 1.82) is 0 Å². The van der Waals surface area contributed by atoms with Crippen LogP contribution in [-0.2, 0) is 17.9 Å². The molecule has 3 aromatic rings. The molecule has 0 unspecified atom stereocenters. The molecule has 0 atom stereocenters. The van der Waals surface area contributed by atoms with E-state index in [-0.39, 0.29) is 11.7 Å². The van der Waals surface area contributed by atoms with Crippen LogP contribution in [0.15, 0.2) is 59.0 Å². The van der Waals surface area contributed by atoms with Crippen molar-refractivity contribution in [3.8, 4) is 0 Å². The Hall–Kier alpha value is -2.24. The lowest BCUT2D eigenvalue weighted by Crippen LogP contribution is -2.28. The van der Waals surface area contributed by atoms with Gasteiger partial charge in [0, 0.05) is 28.6 Å². The van der Waals surface area contributed by atoms with Gasteiger partial charge in [0.05, 0.1) is 5.75 Å². The number of carbonyl (C=O) groups is 1. The van der Waals surface area contributed by atoms with Crippen molar-refractivity contribution < 1.29 is 13.6 Å². The number of thioether (sulfide) groups is 1. The Morgan fingerprint density at radius 2 is 1.96 bits per heavy atom. The summed E-state index contributed by atoms with van der Waals surface area (Å²) in [6.07, 6.45) is 0.856. The Labute approximate surface area is 166 Å². The molecule has 0 saturated heterocycles. The number of furan rings is 1. The Morgan fingerprint density at radius 1 is 1.11 bits per heavy atom. The Bertz CT molecular complexity index is 968. The highest BCUT2D eigenvalue weighted by Gasteiger charge is 2.27. The third kappa shape index (κ3) is 3.75. The third-order valence-electron chi connectivity index (χ3n) is 4.56. The normalized spacial score (nSPS) is 13.0. The number of amides is 1. The predicted octanol–water partition coefficient (Wildman–Crippen LogP) is 5.71. The van der Waals surface area contributed by atoms with Gasteiger partial charge >= 0.3 is 0 Å². The van der Waals surface area contributed by atoms with Gasteiger partial charge in [-0.15, -0.1) is 11.8 Å². The molecule has 138 valence electrons. The minimum atomic E-state index is -0.307. The summed E-state index contributed by atoms with van der Waals surface area (Å²) < 4.78 is 19.5. The van der Waals surface area contributed by atoms with Crippen LogP contribution in [0.5, 0.6) is 0 Å². The van der Waals surface area contributed by atoms with Crippen LogP contribution < -0.4 is 4.90 Å². The average Bonchev–Trinajstić information content (AvgIpc) is 3.31. The maximum atomic E-state index is 13.8. The monoisotopic (exact) mass is 401 g/mol. The second-order valence-corrected chi connectivity index (χ2v) is 7.69. The first kappa shape index (κ1) is 18.1. The van der Waals surface area contributed by atoms with E-state index in [4.69, 9.17) is 16.0 Å². The number of nitrogens with zero attached hydrogens (tertiary/aromatic N) is 1. The van der Waals surface area contributed by atoms with Crippen LogP contribution in [0, 0.1) is 5.82 Å². The summed E-state index contributed by atoms with van der Waals surface area (Å²) in [6.45, 7) is 0.661.